The Morgan fingerprint density at radius 1 is 1.47 bits per heavy atom. The summed E-state index contributed by atoms with van der Waals surface area (Å²) in [5.74, 6) is -1.28. The lowest BCUT2D eigenvalue weighted by Crippen LogP contribution is -2.33. The number of amides is 1. The molecule has 1 aliphatic heterocycles. The minimum Gasteiger partial charge on any atom is -0.480 e. The highest BCUT2D eigenvalue weighted by Crippen LogP contribution is 2.17. The molecule has 110 valence electrons. The van der Waals surface area contributed by atoms with Crippen LogP contribution in [0.1, 0.15) is 25.7 Å². The first-order valence-corrected chi connectivity index (χ1v) is 7.60. The highest BCUT2D eigenvalue weighted by molar-refractivity contribution is 7.89. The van der Waals surface area contributed by atoms with Gasteiger partial charge in [-0.2, -0.15) is 0 Å². The van der Waals surface area contributed by atoms with Gasteiger partial charge in [0.1, 0.15) is 11.3 Å². The summed E-state index contributed by atoms with van der Waals surface area (Å²) < 4.78 is 22.3. The second-order valence-corrected chi connectivity index (χ2v) is 6.54. The van der Waals surface area contributed by atoms with Crippen LogP contribution in [-0.2, 0) is 19.6 Å². The molecule has 0 aromatic rings. The van der Waals surface area contributed by atoms with E-state index in [0.29, 0.717) is 25.8 Å². The number of carbonyl (C=O) groups is 2. The number of carboxylic acids is 1. The lowest BCUT2D eigenvalue weighted by atomic mass is 10.1. The van der Waals surface area contributed by atoms with Crippen LogP contribution in [0.4, 0.5) is 0 Å². The van der Waals surface area contributed by atoms with Crippen LogP contribution in [0.15, 0.2) is 0 Å². The molecule has 1 saturated heterocycles. The van der Waals surface area contributed by atoms with Crippen molar-refractivity contribution in [3.63, 3.8) is 0 Å². The quantitative estimate of drug-likeness (QED) is 0.485. The van der Waals surface area contributed by atoms with Crippen molar-refractivity contribution in [3.05, 3.63) is 0 Å². The zero-order chi connectivity index (χ0) is 14.6. The average molecular weight is 293 g/mol. The molecule has 2 atom stereocenters. The van der Waals surface area contributed by atoms with Gasteiger partial charge in [-0.05, 0) is 19.3 Å². The van der Waals surface area contributed by atoms with Gasteiger partial charge in [-0.1, -0.05) is 0 Å². The molecule has 8 nitrogen and oxygen atoms in total. The van der Waals surface area contributed by atoms with Crippen molar-refractivity contribution in [2.45, 2.75) is 37.0 Å². The topological polar surface area (TPSA) is 144 Å². The Balaban J connectivity index is 2.31. The van der Waals surface area contributed by atoms with E-state index in [-0.39, 0.29) is 18.9 Å². The number of hydrogen-bond donors (Lipinski definition) is 3. The molecule has 0 radical (unpaired) electrons. The predicted molar refractivity (Wildman–Crippen MR) is 67.6 cm³/mol. The van der Waals surface area contributed by atoms with Crippen LogP contribution in [0.3, 0.4) is 0 Å². The molecule has 5 N–H and O–H groups in total. The number of hydrogen-bond acceptors (Lipinski definition) is 5. The van der Waals surface area contributed by atoms with Crippen molar-refractivity contribution in [2.75, 3.05) is 13.1 Å². The van der Waals surface area contributed by atoms with E-state index in [4.69, 9.17) is 16.0 Å². The van der Waals surface area contributed by atoms with Crippen LogP contribution >= 0.6 is 0 Å². The van der Waals surface area contributed by atoms with Gasteiger partial charge in [-0.15, -0.1) is 0 Å². The number of nitrogens with zero attached hydrogens (tertiary/aromatic N) is 1. The van der Waals surface area contributed by atoms with Crippen LogP contribution in [0.2, 0.25) is 0 Å². The fourth-order valence-electron chi connectivity index (χ4n) is 1.96. The standard InChI is InChI=1S/C10H19N3O5S/c11-8(10(15)16)3-1-2-4-13-6-7(5-9(13)14)19(12,17)18/h7-8H,1-6,11H2,(H,15,16)(H2,12,17,18). The molecular formula is C10H19N3O5S. The van der Waals surface area contributed by atoms with Crippen LogP contribution in [0, 0.1) is 0 Å². The number of primary sulfonamides is 1. The first-order chi connectivity index (χ1) is 8.71. The maximum absolute atomic E-state index is 11.6. The summed E-state index contributed by atoms with van der Waals surface area (Å²) in [6.45, 7) is 0.514. The molecule has 1 rings (SSSR count). The van der Waals surface area contributed by atoms with Crippen LogP contribution in [0.25, 0.3) is 0 Å². The van der Waals surface area contributed by atoms with Crippen LogP contribution < -0.4 is 10.9 Å². The Bertz CT molecular complexity index is 450. The van der Waals surface area contributed by atoms with E-state index in [1.54, 1.807) is 0 Å². The summed E-state index contributed by atoms with van der Waals surface area (Å²) in [7, 11) is -3.68. The van der Waals surface area contributed by atoms with Gasteiger partial charge in [0, 0.05) is 19.5 Å². The van der Waals surface area contributed by atoms with Gasteiger partial charge in [0.05, 0.1) is 0 Å². The normalized spacial score (nSPS) is 21.7. The van der Waals surface area contributed by atoms with E-state index >= 15 is 0 Å². The van der Waals surface area contributed by atoms with Crippen molar-refractivity contribution in [3.8, 4) is 0 Å². The molecule has 1 amide bonds. The number of unbranched alkanes of at least 4 members (excludes halogenated alkanes) is 1. The van der Waals surface area contributed by atoms with Crippen LogP contribution in [-0.4, -0.2) is 54.7 Å². The Morgan fingerprint density at radius 2 is 2.11 bits per heavy atom. The molecule has 19 heavy (non-hydrogen) atoms. The van der Waals surface area contributed by atoms with Gasteiger partial charge in [-0.25, -0.2) is 13.6 Å². The van der Waals surface area contributed by atoms with Gasteiger partial charge < -0.3 is 15.7 Å². The minimum atomic E-state index is -3.68. The first-order valence-electron chi connectivity index (χ1n) is 5.99. The summed E-state index contributed by atoms with van der Waals surface area (Å²) in [6.07, 6.45) is 1.41. The SMILES string of the molecule is NC(CCCCN1CC(S(N)(=O)=O)CC1=O)C(=O)O. The average Bonchev–Trinajstić information content (AvgIpc) is 2.65. The maximum Gasteiger partial charge on any atom is 0.320 e. The molecule has 0 bridgehead atoms. The van der Waals surface area contributed by atoms with Crippen LogP contribution in [0.5, 0.6) is 0 Å². The third-order valence-corrected chi connectivity index (χ3v) is 4.40. The maximum atomic E-state index is 11.6. The highest BCUT2D eigenvalue weighted by Gasteiger charge is 2.35. The number of aliphatic carboxylic acids is 1. The number of carboxylic acid groups (broad SMARTS) is 1. The van der Waals surface area contributed by atoms with Gasteiger partial charge >= 0.3 is 5.97 Å². The largest absolute Gasteiger partial charge is 0.480 e. The van der Waals surface area contributed by atoms with E-state index in [2.05, 4.69) is 0 Å². The molecule has 0 saturated carbocycles. The number of rotatable bonds is 7. The van der Waals surface area contributed by atoms with Gasteiger partial charge in [-0.3, -0.25) is 9.59 Å². The fraction of sp³-hybridized carbons (Fsp3) is 0.800. The third kappa shape index (κ3) is 4.77. The molecule has 1 aliphatic rings. The summed E-state index contributed by atoms with van der Waals surface area (Å²) in [5.41, 5.74) is 5.34. The van der Waals surface area contributed by atoms with Crippen molar-refractivity contribution < 1.29 is 23.1 Å². The van der Waals surface area contributed by atoms with E-state index in [9.17, 15) is 18.0 Å². The van der Waals surface area contributed by atoms with Crippen molar-refractivity contribution >= 4 is 21.9 Å². The second-order valence-electron chi connectivity index (χ2n) is 4.70. The molecule has 0 aliphatic carbocycles. The molecule has 9 heteroatoms. The molecule has 0 spiro atoms. The van der Waals surface area contributed by atoms with Gasteiger partial charge in [0.25, 0.3) is 0 Å². The first kappa shape index (κ1) is 15.9. The smallest absolute Gasteiger partial charge is 0.320 e. The van der Waals surface area contributed by atoms with E-state index in [0.717, 1.165) is 0 Å². The minimum absolute atomic E-state index is 0.0759. The number of carbonyl (C=O) groups excluding carboxylic acids is 1. The Kier molecular flexibility index (Phi) is 5.27. The molecule has 0 aromatic carbocycles. The molecule has 1 heterocycles. The molecule has 0 aromatic heterocycles. The lowest BCUT2D eigenvalue weighted by Gasteiger charge is -2.16. The fourth-order valence-corrected chi connectivity index (χ4v) is 2.73. The Morgan fingerprint density at radius 3 is 2.58 bits per heavy atom. The highest BCUT2D eigenvalue weighted by atomic mass is 32.2. The zero-order valence-electron chi connectivity index (χ0n) is 10.5. The van der Waals surface area contributed by atoms with Crippen molar-refractivity contribution in [1.29, 1.82) is 0 Å². The van der Waals surface area contributed by atoms with E-state index in [1.165, 1.54) is 4.90 Å². The number of sulfonamides is 1. The van der Waals surface area contributed by atoms with E-state index < -0.39 is 27.3 Å². The molecule has 2 unspecified atom stereocenters. The number of nitrogens with two attached hydrogens (primary N) is 2. The Labute approximate surface area is 111 Å². The van der Waals surface area contributed by atoms with Crippen molar-refractivity contribution in [1.82, 2.24) is 4.90 Å². The third-order valence-electron chi connectivity index (χ3n) is 3.15. The Hall–Kier alpha value is -1.19. The van der Waals surface area contributed by atoms with Crippen molar-refractivity contribution in [2.24, 2.45) is 10.9 Å². The summed E-state index contributed by atoms with van der Waals surface area (Å²) in [6, 6.07) is -0.897. The summed E-state index contributed by atoms with van der Waals surface area (Å²) in [5, 5.41) is 12.8. The van der Waals surface area contributed by atoms with Gasteiger partial charge in [0.2, 0.25) is 15.9 Å². The lowest BCUT2D eigenvalue weighted by molar-refractivity contribution is -0.138. The summed E-state index contributed by atoms with van der Waals surface area (Å²) in [4.78, 5) is 23.5. The van der Waals surface area contributed by atoms with E-state index in [1.807, 2.05) is 0 Å². The zero-order valence-corrected chi connectivity index (χ0v) is 11.3. The molecular weight excluding hydrogens is 274 g/mol. The molecule has 1 fully saturated rings. The van der Waals surface area contributed by atoms with Gasteiger partial charge in [0.15, 0.2) is 0 Å². The summed E-state index contributed by atoms with van der Waals surface area (Å²) >= 11 is 0. The number of likely N-dealkylation sites (tertiary alicyclic amines) is 1. The monoisotopic (exact) mass is 293 g/mol. The predicted octanol–water partition coefficient (Wildman–Crippen LogP) is -1.54. The second kappa shape index (κ2) is 6.31.